The molecular formula is C10H8BrNO2S. The Hall–Kier alpha value is -0.940. The van der Waals surface area contributed by atoms with E-state index in [0.29, 0.717) is 12.1 Å². The smallest absolute Gasteiger partial charge is 0.256 e. The van der Waals surface area contributed by atoms with Gasteiger partial charge in [-0.1, -0.05) is 0 Å². The van der Waals surface area contributed by atoms with Crippen molar-refractivity contribution in [2.24, 2.45) is 0 Å². The van der Waals surface area contributed by atoms with Crippen LogP contribution in [0.3, 0.4) is 0 Å². The van der Waals surface area contributed by atoms with Gasteiger partial charge >= 0.3 is 0 Å². The van der Waals surface area contributed by atoms with Gasteiger partial charge in [-0.3, -0.25) is 14.5 Å². The molecule has 5 heteroatoms. The summed E-state index contributed by atoms with van der Waals surface area (Å²) in [6.07, 6.45) is 1.38. The van der Waals surface area contributed by atoms with Crippen LogP contribution in [0, 0.1) is 0 Å². The molecule has 0 fully saturated rings. The van der Waals surface area contributed by atoms with Crippen molar-refractivity contribution in [1.82, 2.24) is 4.90 Å². The standard InChI is InChI=1S/C10H8BrNO2S/c1-6-4-9(13)12(10(6)14)5-8-7(11)2-3-15-8/h2-4H,5H2,1H3. The number of carbonyl (C=O) groups is 2. The first-order valence-electron chi connectivity index (χ1n) is 4.35. The lowest BCUT2D eigenvalue weighted by atomic mass is 10.3. The summed E-state index contributed by atoms with van der Waals surface area (Å²) in [5.41, 5.74) is 0.507. The second kappa shape index (κ2) is 3.90. The maximum absolute atomic E-state index is 11.6. The molecule has 0 atom stereocenters. The topological polar surface area (TPSA) is 37.4 Å². The van der Waals surface area contributed by atoms with Crippen LogP contribution < -0.4 is 0 Å². The molecule has 2 rings (SSSR count). The number of imide groups is 1. The Balaban J connectivity index is 2.19. The third-order valence-electron chi connectivity index (χ3n) is 2.18. The minimum Gasteiger partial charge on any atom is -0.270 e. The molecule has 0 N–H and O–H groups in total. The van der Waals surface area contributed by atoms with Gasteiger partial charge in [0.25, 0.3) is 11.8 Å². The van der Waals surface area contributed by atoms with Crippen LogP contribution in [0.25, 0.3) is 0 Å². The number of hydrogen-bond donors (Lipinski definition) is 0. The van der Waals surface area contributed by atoms with Gasteiger partial charge in [0.15, 0.2) is 0 Å². The predicted molar refractivity (Wildman–Crippen MR) is 61.3 cm³/mol. The van der Waals surface area contributed by atoms with Crippen LogP contribution in [-0.2, 0) is 16.1 Å². The van der Waals surface area contributed by atoms with Gasteiger partial charge < -0.3 is 0 Å². The van der Waals surface area contributed by atoms with Crippen LogP contribution in [0.5, 0.6) is 0 Å². The Labute approximate surface area is 99.5 Å². The van der Waals surface area contributed by atoms with Crippen molar-refractivity contribution in [1.29, 1.82) is 0 Å². The molecule has 0 unspecified atom stereocenters. The highest BCUT2D eigenvalue weighted by Crippen LogP contribution is 2.26. The van der Waals surface area contributed by atoms with Gasteiger partial charge in [0, 0.05) is 21.0 Å². The highest BCUT2D eigenvalue weighted by Gasteiger charge is 2.28. The molecule has 1 aromatic heterocycles. The third kappa shape index (κ3) is 1.89. The number of halogens is 1. The largest absolute Gasteiger partial charge is 0.270 e. The van der Waals surface area contributed by atoms with Crippen LogP contribution in [0.2, 0.25) is 0 Å². The van der Waals surface area contributed by atoms with Gasteiger partial charge in [0.05, 0.1) is 6.54 Å². The zero-order valence-electron chi connectivity index (χ0n) is 7.99. The van der Waals surface area contributed by atoms with Crippen LogP contribution in [-0.4, -0.2) is 16.7 Å². The van der Waals surface area contributed by atoms with E-state index in [4.69, 9.17) is 0 Å². The Morgan fingerprint density at radius 3 is 2.67 bits per heavy atom. The summed E-state index contributed by atoms with van der Waals surface area (Å²) in [5.74, 6) is -0.418. The molecule has 15 heavy (non-hydrogen) atoms. The fourth-order valence-electron chi connectivity index (χ4n) is 1.37. The monoisotopic (exact) mass is 285 g/mol. The van der Waals surface area contributed by atoms with E-state index in [0.717, 1.165) is 9.35 Å². The molecule has 0 saturated heterocycles. The lowest BCUT2D eigenvalue weighted by Crippen LogP contribution is -2.29. The molecule has 1 aliphatic rings. The molecule has 1 aromatic rings. The maximum Gasteiger partial charge on any atom is 0.256 e. The summed E-state index contributed by atoms with van der Waals surface area (Å²) in [4.78, 5) is 25.3. The number of thiophene rings is 1. The highest BCUT2D eigenvalue weighted by atomic mass is 79.9. The second-order valence-corrected chi connectivity index (χ2v) is 5.10. The summed E-state index contributed by atoms with van der Waals surface area (Å²) >= 11 is 4.90. The van der Waals surface area contributed by atoms with Crippen molar-refractivity contribution >= 4 is 39.1 Å². The van der Waals surface area contributed by atoms with Crippen molar-refractivity contribution in [3.05, 3.63) is 32.4 Å². The number of carbonyl (C=O) groups excluding carboxylic acids is 2. The first kappa shape index (κ1) is 10.6. The second-order valence-electron chi connectivity index (χ2n) is 3.25. The SMILES string of the molecule is CC1=CC(=O)N(Cc2sccc2Br)C1=O. The van der Waals surface area contributed by atoms with Gasteiger partial charge in [-0.2, -0.15) is 0 Å². The molecule has 0 aromatic carbocycles. The Morgan fingerprint density at radius 2 is 2.20 bits per heavy atom. The fraction of sp³-hybridized carbons (Fsp3) is 0.200. The van der Waals surface area contributed by atoms with E-state index in [2.05, 4.69) is 15.9 Å². The minimum atomic E-state index is -0.224. The zero-order valence-corrected chi connectivity index (χ0v) is 10.4. The lowest BCUT2D eigenvalue weighted by Gasteiger charge is -2.13. The molecule has 1 aliphatic heterocycles. The van der Waals surface area contributed by atoms with E-state index < -0.39 is 0 Å². The van der Waals surface area contributed by atoms with E-state index >= 15 is 0 Å². The van der Waals surface area contributed by atoms with Crippen LogP contribution in [0.1, 0.15) is 11.8 Å². The Kier molecular flexibility index (Phi) is 2.75. The molecule has 2 heterocycles. The summed E-state index contributed by atoms with van der Waals surface area (Å²) in [5, 5.41) is 1.92. The van der Waals surface area contributed by atoms with Crippen LogP contribution in [0.15, 0.2) is 27.6 Å². The van der Waals surface area contributed by atoms with E-state index in [-0.39, 0.29) is 11.8 Å². The molecule has 78 valence electrons. The summed E-state index contributed by atoms with van der Waals surface area (Å²) < 4.78 is 0.942. The molecule has 0 spiro atoms. The highest BCUT2D eigenvalue weighted by molar-refractivity contribution is 9.10. The zero-order chi connectivity index (χ0) is 11.0. The molecule has 0 radical (unpaired) electrons. The average Bonchev–Trinajstić information content (AvgIpc) is 2.67. The molecule has 3 nitrogen and oxygen atoms in total. The number of amides is 2. The van der Waals surface area contributed by atoms with E-state index in [9.17, 15) is 9.59 Å². The van der Waals surface area contributed by atoms with Gasteiger partial charge in [0.1, 0.15) is 0 Å². The summed E-state index contributed by atoms with van der Waals surface area (Å²) in [6, 6.07) is 1.91. The van der Waals surface area contributed by atoms with E-state index in [1.165, 1.54) is 22.3 Å². The Morgan fingerprint density at radius 1 is 1.47 bits per heavy atom. The normalized spacial score (nSPS) is 16.1. The van der Waals surface area contributed by atoms with Gasteiger partial charge in [-0.25, -0.2) is 0 Å². The first-order valence-corrected chi connectivity index (χ1v) is 6.03. The average molecular weight is 286 g/mol. The summed E-state index contributed by atoms with van der Waals surface area (Å²) in [7, 11) is 0. The van der Waals surface area contributed by atoms with Gasteiger partial charge in [-0.05, 0) is 34.3 Å². The van der Waals surface area contributed by atoms with Crippen molar-refractivity contribution in [3.8, 4) is 0 Å². The minimum absolute atomic E-state index is 0.194. The number of nitrogens with zero attached hydrogens (tertiary/aromatic N) is 1. The molecule has 2 amide bonds. The molecule has 0 aliphatic carbocycles. The maximum atomic E-state index is 11.6. The van der Waals surface area contributed by atoms with Crippen molar-refractivity contribution < 1.29 is 9.59 Å². The van der Waals surface area contributed by atoms with E-state index in [1.807, 2.05) is 11.4 Å². The van der Waals surface area contributed by atoms with Gasteiger partial charge in [0.2, 0.25) is 0 Å². The first-order chi connectivity index (χ1) is 7.09. The predicted octanol–water partition coefficient (Wildman–Crippen LogP) is 2.33. The number of hydrogen-bond acceptors (Lipinski definition) is 3. The molecular weight excluding hydrogens is 278 g/mol. The Bertz CT molecular complexity index is 464. The van der Waals surface area contributed by atoms with Crippen molar-refractivity contribution in [2.75, 3.05) is 0 Å². The van der Waals surface area contributed by atoms with Crippen molar-refractivity contribution in [2.45, 2.75) is 13.5 Å². The van der Waals surface area contributed by atoms with Crippen molar-refractivity contribution in [3.63, 3.8) is 0 Å². The van der Waals surface area contributed by atoms with Crippen LogP contribution in [0.4, 0.5) is 0 Å². The fourth-order valence-corrected chi connectivity index (χ4v) is 2.83. The molecule has 0 saturated carbocycles. The number of rotatable bonds is 2. The third-order valence-corrected chi connectivity index (χ3v) is 4.09. The quantitative estimate of drug-likeness (QED) is 0.782. The van der Waals surface area contributed by atoms with Crippen LogP contribution >= 0.6 is 27.3 Å². The summed E-state index contributed by atoms with van der Waals surface area (Å²) in [6.45, 7) is 2.01. The van der Waals surface area contributed by atoms with E-state index in [1.54, 1.807) is 6.92 Å². The lowest BCUT2D eigenvalue weighted by molar-refractivity contribution is -0.137. The van der Waals surface area contributed by atoms with Gasteiger partial charge in [-0.15, -0.1) is 11.3 Å². The molecule has 0 bridgehead atoms.